The van der Waals surface area contributed by atoms with E-state index in [2.05, 4.69) is 5.32 Å². The molecule has 0 radical (unpaired) electrons. The van der Waals surface area contributed by atoms with Gasteiger partial charge in [0.15, 0.2) is 0 Å². The molecule has 0 fully saturated rings. The second-order valence-corrected chi connectivity index (χ2v) is 12.5. The van der Waals surface area contributed by atoms with Crippen molar-refractivity contribution in [3.8, 4) is 0 Å². The van der Waals surface area contributed by atoms with Crippen molar-refractivity contribution in [2.45, 2.75) is 51.1 Å². The third-order valence-electron chi connectivity index (χ3n) is 6.37. The topological polar surface area (TPSA) is 86.8 Å². The molecule has 3 rings (SSSR count). The first-order valence-electron chi connectivity index (χ1n) is 12.8. The quantitative estimate of drug-likeness (QED) is 0.234. The maximum Gasteiger partial charge on any atom is 0.264 e. The van der Waals surface area contributed by atoms with Crippen molar-refractivity contribution in [2.75, 3.05) is 17.4 Å². The van der Waals surface area contributed by atoms with E-state index >= 15 is 0 Å². The van der Waals surface area contributed by atoms with Crippen LogP contribution in [0.3, 0.4) is 0 Å². The molecule has 0 aromatic heterocycles. The summed E-state index contributed by atoms with van der Waals surface area (Å²) in [4.78, 5) is 28.3. The number of halogens is 3. The molecule has 0 aliphatic rings. The number of carbonyl (C=O) groups is 2. The number of nitrogens with one attached hydrogen (secondary N) is 1. The first-order chi connectivity index (χ1) is 18.9. The highest BCUT2D eigenvalue weighted by Gasteiger charge is 2.33. The van der Waals surface area contributed by atoms with E-state index < -0.39 is 28.5 Å². The van der Waals surface area contributed by atoms with Gasteiger partial charge in [-0.25, -0.2) is 8.42 Å². The molecule has 7 nitrogen and oxygen atoms in total. The largest absolute Gasteiger partial charge is 0.354 e. The van der Waals surface area contributed by atoms with Crippen LogP contribution in [-0.4, -0.2) is 44.3 Å². The molecule has 1 atom stereocenters. The van der Waals surface area contributed by atoms with Gasteiger partial charge in [0.25, 0.3) is 10.0 Å². The minimum absolute atomic E-state index is 0.0110. The minimum atomic E-state index is -4.19. The molecular formula is C29H32Cl3N3O4S. The summed E-state index contributed by atoms with van der Waals surface area (Å²) in [6.45, 7) is 5.19. The standard InChI is InChI=1S/C29H32Cl3N3O4S/c1-4-5-16-33-29(37)21(3)34(18-25-26(31)10-7-11-27(25)32)28(36)19-35(23-9-6-8-22(30)17-23)40(38,39)24-14-12-20(2)13-15-24/h6-15,17,21H,4-5,16,18-19H2,1-3H3,(H,33,37). The number of hydrogen-bond acceptors (Lipinski definition) is 4. The van der Waals surface area contributed by atoms with Crippen LogP contribution in [0.2, 0.25) is 15.1 Å². The van der Waals surface area contributed by atoms with E-state index in [0.717, 1.165) is 22.7 Å². The zero-order chi connectivity index (χ0) is 29.4. The molecule has 0 aliphatic carbocycles. The SMILES string of the molecule is CCCCNC(=O)C(C)N(Cc1c(Cl)cccc1Cl)C(=O)CN(c1cccc(Cl)c1)S(=O)(=O)c1ccc(C)cc1. The number of aryl methyl sites for hydroxylation is 1. The molecule has 11 heteroatoms. The molecule has 1 unspecified atom stereocenters. The Morgan fingerprint density at radius 1 is 0.950 bits per heavy atom. The Morgan fingerprint density at radius 3 is 2.17 bits per heavy atom. The van der Waals surface area contributed by atoms with Crippen LogP contribution in [0.5, 0.6) is 0 Å². The van der Waals surface area contributed by atoms with Crippen molar-refractivity contribution < 1.29 is 18.0 Å². The van der Waals surface area contributed by atoms with Crippen molar-refractivity contribution in [1.82, 2.24) is 10.2 Å². The van der Waals surface area contributed by atoms with E-state index in [1.165, 1.54) is 23.1 Å². The Balaban J connectivity index is 2.04. The fourth-order valence-electron chi connectivity index (χ4n) is 3.97. The highest BCUT2D eigenvalue weighted by atomic mass is 35.5. The summed E-state index contributed by atoms with van der Waals surface area (Å²) in [5.74, 6) is -0.995. The Morgan fingerprint density at radius 2 is 1.57 bits per heavy atom. The maximum atomic E-state index is 14.0. The van der Waals surface area contributed by atoms with Crippen LogP contribution in [0.15, 0.2) is 71.6 Å². The lowest BCUT2D eigenvalue weighted by Gasteiger charge is -2.32. The average Bonchev–Trinajstić information content (AvgIpc) is 2.91. The fourth-order valence-corrected chi connectivity index (χ4v) is 6.08. The molecule has 3 aromatic rings. The molecule has 3 aromatic carbocycles. The highest BCUT2D eigenvalue weighted by Crippen LogP contribution is 2.29. The van der Waals surface area contributed by atoms with E-state index in [-0.39, 0.29) is 23.0 Å². The van der Waals surface area contributed by atoms with Crippen LogP contribution in [0.25, 0.3) is 0 Å². The second-order valence-electron chi connectivity index (χ2n) is 9.35. The van der Waals surface area contributed by atoms with Crippen molar-refractivity contribution >= 4 is 62.3 Å². The van der Waals surface area contributed by atoms with Gasteiger partial charge in [-0.2, -0.15) is 0 Å². The van der Waals surface area contributed by atoms with E-state index in [1.54, 1.807) is 55.5 Å². The Bertz CT molecular complexity index is 1430. The fraction of sp³-hybridized carbons (Fsp3) is 0.310. The highest BCUT2D eigenvalue weighted by molar-refractivity contribution is 7.92. The molecule has 40 heavy (non-hydrogen) atoms. The van der Waals surface area contributed by atoms with Gasteiger partial charge in [0, 0.05) is 33.7 Å². The molecule has 0 heterocycles. The lowest BCUT2D eigenvalue weighted by atomic mass is 10.1. The third-order valence-corrected chi connectivity index (χ3v) is 9.10. The summed E-state index contributed by atoms with van der Waals surface area (Å²) in [5.41, 5.74) is 1.54. The van der Waals surface area contributed by atoms with Gasteiger partial charge in [0.1, 0.15) is 12.6 Å². The van der Waals surface area contributed by atoms with Gasteiger partial charge < -0.3 is 10.2 Å². The number of carbonyl (C=O) groups excluding carboxylic acids is 2. The first-order valence-corrected chi connectivity index (χ1v) is 15.4. The van der Waals surface area contributed by atoms with Gasteiger partial charge >= 0.3 is 0 Å². The van der Waals surface area contributed by atoms with E-state index in [1.807, 2.05) is 13.8 Å². The van der Waals surface area contributed by atoms with Crippen molar-refractivity contribution in [1.29, 1.82) is 0 Å². The van der Waals surface area contributed by atoms with Crippen molar-refractivity contribution in [3.05, 3.63) is 92.9 Å². The van der Waals surface area contributed by atoms with Gasteiger partial charge in [-0.05, 0) is 62.7 Å². The summed E-state index contributed by atoms with van der Waals surface area (Å²) in [6, 6.07) is 16.6. The van der Waals surface area contributed by atoms with Crippen LogP contribution in [0, 0.1) is 6.92 Å². The molecule has 214 valence electrons. The van der Waals surface area contributed by atoms with Crippen LogP contribution < -0.4 is 9.62 Å². The van der Waals surface area contributed by atoms with Gasteiger partial charge in [0.2, 0.25) is 11.8 Å². The first kappa shape index (κ1) is 31.7. The predicted octanol–water partition coefficient (Wildman–Crippen LogP) is 6.48. The van der Waals surface area contributed by atoms with Gasteiger partial charge in [-0.15, -0.1) is 0 Å². The van der Waals surface area contributed by atoms with Crippen LogP contribution in [0.1, 0.15) is 37.8 Å². The van der Waals surface area contributed by atoms with E-state index in [4.69, 9.17) is 34.8 Å². The molecule has 2 amide bonds. The number of unbranched alkanes of at least 4 members (excludes halogenated alkanes) is 1. The normalized spacial score (nSPS) is 12.1. The summed E-state index contributed by atoms with van der Waals surface area (Å²) in [6.07, 6.45) is 1.66. The molecule has 0 saturated carbocycles. The maximum absolute atomic E-state index is 14.0. The smallest absolute Gasteiger partial charge is 0.264 e. The number of anilines is 1. The monoisotopic (exact) mass is 623 g/mol. The number of hydrogen-bond donors (Lipinski definition) is 1. The van der Waals surface area contributed by atoms with Crippen molar-refractivity contribution in [3.63, 3.8) is 0 Å². The van der Waals surface area contributed by atoms with Gasteiger partial charge in [-0.3, -0.25) is 13.9 Å². The summed E-state index contributed by atoms with van der Waals surface area (Å²) in [7, 11) is -4.19. The Kier molecular flexibility index (Phi) is 11.3. The second kappa shape index (κ2) is 14.2. The van der Waals surface area contributed by atoms with Crippen LogP contribution in [0.4, 0.5) is 5.69 Å². The van der Waals surface area contributed by atoms with E-state index in [0.29, 0.717) is 27.2 Å². The number of benzene rings is 3. The third kappa shape index (κ3) is 7.91. The summed E-state index contributed by atoms with van der Waals surface area (Å²) in [5, 5.41) is 3.79. The number of sulfonamides is 1. The number of nitrogens with zero attached hydrogens (tertiary/aromatic N) is 2. The Hall–Kier alpha value is -2.78. The Labute approximate surface area is 251 Å². The molecule has 0 spiro atoms. The minimum Gasteiger partial charge on any atom is -0.354 e. The lowest BCUT2D eigenvalue weighted by molar-refractivity contribution is -0.139. The predicted molar refractivity (Wildman–Crippen MR) is 162 cm³/mol. The van der Waals surface area contributed by atoms with Gasteiger partial charge in [-0.1, -0.05) is 78.0 Å². The lowest BCUT2D eigenvalue weighted by Crippen LogP contribution is -2.51. The average molecular weight is 625 g/mol. The van der Waals surface area contributed by atoms with E-state index in [9.17, 15) is 18.0 Å². The summed E-state index contributed by atoms with van der Waals surface area (Å²) >= 11 is 19.0. The number of amides is 2. The van der Waals surface area contributed by atoms with Crippen molar-refractivity contribution in [2.24, 2.45) is 0 Å². The molecule has 0 aliphatic heterocycles. The molecular weight excluding hydrogens is 593 g/mol. The molecule has 0 bridgehead atoms. The zero-order valence-corrected chi connectivity index (χ0v) is 25.6. The summed E-state index contributed by atoms with van der Waals surface area (Å²) < 4.78 is 28.7. The zero-order valence-electron chi connectivity index (χ0n) is 22.5. The molecule has 1 N–H and O–H groups in total. The molecule has 0 saturated heterocycles. The number of rotatable bonds is 12. The van der Waals surface area contributed by atoms with Crippen LogP contribution >= 0.6 is 34.8 Å². The van der Waals surface area contributed by atoms with Gasteiger partial charge in [0.05, 0.1) is 10.6 Å². The van der Waals surface area contributed by atoms with Crippen LogP contribution in [-0.2, 0) is 26.2 Å².